The van der Waals surface area contributed by atoms with Crippen LogP contribution in [0.4, 0.5) is 0 Å². The minimum Gasteiger partial charge on any atom is -0.299 e. The molecule has 3 rings (SSSR count). The molecule has 0 radical (unpaired) electrons. The lowest BCUT2D eigenvalue weighted by Gasteiger charge is -2.06. The molecule has 4 heteroatoms. The Hall–Kier alpha value is -1.97. The second-order valence-electron chi connectivity index (χ2n) is 5.25. The first kappa shape index (κ1) is 12.1. The highest BCUT2D eigenvalue weighted by molar-refractivity contribution is 6.15. The van der Waals surface area contributed by atoms with Crippen LogP contribution in [0.5, 0.6) is 0 Å². The van der Waals surface area contributed by atoms with Crippen LogP contribution >= 0.6 is 0 Å². The van der Waals surface area contributed by atoms with Crippen LogP contribution in [0.25, 0.3) is 10.9 Å². The van der Waals surface area contributed by atoms with Gasteiger partial charge in [-0.2, -0.15) is 5.10 Å². The van der Waals surface area contributed by atoms with E-state index in [1.807, 2.05) is 31.3 Å². The largest absolute Gasteiger partial charge is 0.299 e. The Kier molecular flexibility index (Phi) is 2.73. The standard InChI is InChI=1S/C15H16N2O2/c1-9(14(18)10-7-8-10)15(19)13-11-5-3-4-6-12(11)17(2)16-13/h3-6,9-10H,7-8H2,1-2H3. The molecular weight excluding hydrogens is 240 g/mol. The molecule has 1 aliphatic rings. The van der Waals surface area contributed by atoms with Crippen LogP contribution in [-0.2, 0) is 11.8 Å². The van der Waals surface area contributed by atoms with E-state index in [2.05, 4.69) is 5.10 Å². The molecule has 0 amide bonds. The van der Waals surface area contributed by atoms with Gasteiger partial charge in [0.2, 0.25) is 0 Å². The molecule has 1 unspecified atom stereocenters. The number of carbonyl (C=O) groups is 2. The Balaban J connectivity index is 1.99. The fraction of sp³-hybridized carbons (Fsp3) is 0.400. The first-order valence-corrected chi connectivity index (χ1v) is 6.59. The smallest absolute Gasteiger partial charge is 0.193 e. The summed E-state index contributed by atoms with van der Waals surface area (Å²) in [5.74, 6) is -0.562. The molecule has 1 fully saturated rings. The van der Waals surface area contributed by atoms with Gasteiger partial charge >= 0.3 is 0 Å². The lowest BCUT2D eigenvalue weighted by molar-refractivity contribution is -0.122. The van der Waals surface area contributed by atoms with E-state index in [1.54, 1.807) is 11.6 Å². The molecule has 1 saturated carbocycles. The first-order chi connectivity index (χ1) is 9.09. The highest BCUT2D eigenvalue weighted by atomic mass is 16.2. The maximum Gasteiger partial charge on any atom is 0.193 e. The van der Waals surface area contributed by atoms with Crippen LogP contribution in [0.2, 0.25) is 0 Å². The van der Waals surface area contributed by atoms with Gasteiger partial charge in [-0.15, -0.1) is 0 Å². The minimum absolute atomic E-state index is 0.0692. The van der Waals surface area contributed by atoms with Crippen LogP contribution < -0.4 is 0 Å². The molecule has 1 aromatic carbocycles. The Morgan fingerprint density at radius 2 is 2.00 bits per heavy atom. The number of hydrogen-bond acceptors (Lipinski definition) is 3. The van der Waals surface area contributed by atoms with Gasteiger partial charge in [0.05, 0.1) is 11.4 Å². The summed E-state index contributed by atoms with van der Waals surface area (Å²) in [6.45, 7) is 1.70. The number of fused-ring (bicyclic) bond motifs is 1. The van der Waals surface area contributed by atoms with E-state index in [9.17, 15) is 9.59 Å². The molecule has 0 spiro atoms. The number of carbonyl (C=O) groups excluding carboxylic acids is 2. The fourth-order valence-corrected chi connectivity index (χ4v) is 2.45. The maximum atomic E-state index is 12.4. The average Bonchev–Trinajstić information content (AvgIpc) is 3.22. The van der Waals surface area contributed by atoms with Crippen molar-refractivity contribution in [1.29, 1.82) is 0 Å². The van der Waals surface area contributed by atoms with Crippen molar-refractivity contribution in [2.24, 2.45) is 18.9 Å². The van der Waals surface area contributed by atoms with Crippen molar-refractivity contribution in [2.45, 2.75) is 19.8 Å². The first-order valence-electron chi connectivity index (χ1n) is 6.59. The van der Waals surface area contributed by atoms with E-state index < -0.39 is 5.92 Å². The fourth-order valence-electron chi connectivity index (χ4n) is 2.45. The van der Waals surface area contributed by atoms with Gasteiger partial charge in [-0.05, 0) is 25.8 Å². The summed E-state index contributed by atoms with van der Waals surface area (Å²) < 4.78 is 1.69. The maximum absolute atomic E-state index is 12.4. The van der Waals surface area contributed by atoms with Gasteiger partial charge in [0.25, 0.3) is 0 Å². The SMILES string of the molecule is CC(C(=O)c1nn(C)c2ccccc12)C(=O)C1CC1. The number of para-hydroxylation sites is 1. The molecule has 1 atom stereocenters. The monoisotopic (exact) mass is 256 g/mol. The van der Waals surface area contributed by atoms with E-state index in [4.69, 9.17) is 0 Å². The zero-order valence-electron chi connectivity index (χ0n) is 11.1. The van der Waals surface area contributed by atoms with Crippen molar-refractivity contribution < 1.29 is 9.59 Å². The number of aromatic nitrogens is 2. The van der Waals surface area contributed by atoms with Gasteiger partial charge in [0.1, 0.15) is 11.5 Å². The number of hydrogen-bond donors (Lipinski definition) is 0. The summed E-state index contributed by atoms with van der Waals surface area (Å²) in [4.78, 5) is 24.5. The van der Waals surface area contributed by atoms with Crippen molar-refractivity contribution >= 4 is 22.5 Å². The number of ketones is 2. The van der Waals surface area contributed by atoms with Gasteiger partial charge in [-0.3, -0.25) is 14.3 Å². The van der Waals surface area contributed by atoms with Crippen LogP contribution in [-0.4, -0.2) is 21.3 Å². The molecule has 4 nitrogen and oxygen atoms in total. The summed E-state index contributed by atoms with van der Waals surface area (Å²) in [5.41, 5.74) is 1.33. The van der Waals surface area contributed by atoms with Gasteiger partial charge in [0, 0.05) is 18.4 Å². The zero-order valence-corrected chi connectivity index (χ0v) is 11.1. The van der Waals surface area contributed by atoms with E-state index in [1.165, 1.54) is 0 Å². The van der Waals surface area contributed by atoms with Crippen LogP contribution in [0.1, 0.15) is 30.3 Å². The summed E-state index contributed by atoms with van der Waals surface area (Å²) in [5, 5.41) is 5.11. The van der Waals surface area contributed by atoms with Gasteiger partial charge < -0.3 is 0 Å². The van der Waals surface area contributed by atoms with Gasteiger partial charge in [-0.1, -0.05) is 18.2 Å². The second kappa shape index (κ2) is 4.30. The third-order valence-corrected chi connectivity index (χ3v) is 3.79. The predicted molar refractivity (Wildman–Crippen MR) is 71.9 cm³/mol. The molecule has 1 heterocycles. The summed E-state index contributed by atoms with van der Waals surface area (Å²) >= 11 is 0. The highest BCUT2D eigenvalue weighted by Gasteiger charge is 2.37. The summed E-state index contributed by atoms with van der Waals surface area (Å²) in [6, 6.07) is 7.60. The zero-order chi connectivity index (χ0) is 13.6. The molecule has 19 heavy (non-hydrogen) atoms. The predicted octanol–water partition coefficient (Wildman–Crippen LogP) is 2.37. The third-order valence-electron chi connectivity index (χ3n) is 3.79. The average molecular weight is 256 g/mol. The number of nitrogens with zero attached hydrogens (tertiary/aromatic N) is 2. The Labute approximate surface area is 111 Å². The molecule has 0 bridgehead atoms. The summed E-state index contributed by atoms with van der Waals surface area (Å²) in [7, 11) is 1.81. The van der Waals surface area contributed by atoms with Crippen molar-refractivity contribution in [3.63, 3.8) is 0 Å². The van der Waals surface area contributed by atoms with E-state index in [0.717, 1.165) is 23.7 Å². The molecule has 1 aromatic heterocycles. The molecule has 0 aliphatic heterocycles. The van der Waals surface area contributed by atoms with Crippen molar-refractivity contribution in [2.75, 3.05) is 0 Å². The van der Waals surface area contributed by atoms with Crippen molar-refractivity contribution in [1.82, 2.24) is 9.78 Å². The van der Waals surface area contributed by atoms with Crippen LogP contribution in [0, 0.1) is 11.8 Å². The Morgan fingerprint density at radius 3 is 2.68 bits per heavy atom. The minimum atomic E-state index is -0.578. The molecule has 0 saturated heterocycles. The quantitative estimate of drug-likeness (QED) is 0.623. The lowest BCUT2D eigenvalue weighted by atomic mass is 9.94. The number of aryl methyl sites for hydroxylation is 1. The van der Waals surface area contributed by atoms with E-state index >= 15 is 0 Å². The topological polar surface area (TPSA) is 52.0 Å². The molecule has 1 aliphatic carbocycles. The van der Waals surface area contributed by atoms with E-state index in [0.29, 0.717) is 5.69 Å². The van der Waals surface area contributed by atoms with Crippen LogP contribution in [0.15, 0.2) is 24.3 Å². The summed E-state index contributed by atoms with van der Waals surface area (Å²) in [6.07, 6.45) is 1.86. The molecule has 0 N–H and O–H groups in total. The second-order valence-corrected chi connectivity index (χ2v) is 5.25. The van der Waals surface area contributed by atoms with Crippen molar-refractivity contribution in [3.05, 3.63) is 30.0 Å². The number of rotatable bonds is 4. The number of Topliss-reactive ketones (excluding diaryl/α,β-unsaturated/α-hetero) is 2. The molecule has 2 aromatic rings. The van der Waals surface area contributed by atoms with Crippen LogP contribution in [0.3, 0.4) is 0 Å². The van der Waals surface area contributed by atoms with Gasteiger partial charge in [-0.25, -0.2) is 0 Å². The normalized spacial score (nSPS) is 16.5. The third kappa shape index (κ3) is 1.97. The van der Waals surface area contributed by atoms with Gasteiger partial charge in [0.15, 0.2) is 5.78 Å². The number of benzene rings is 1. The Morgan fingerprint density at radius 1 is 1.32 bits per heavy atom. The lowest BCUT2D eigenvalue weighted by Crippen LogP contribution is -2.23. The van der Waals surface area contributed by atoms with Crippen molar-refractivity contribution in [3.8, 4) is 0 Å². The molecule has 98 valence electrons. The highest BCUT2D eigenvalue weighted by Crippen LogP contribution is 2.33. The molecular formula is C15H16N2O2. The Bertz CT molecular complexity index is 668. The van der Waals surface area contributed by atoms with E-state index in [-0.39, 0.29) is 17.5 Å².